The van der Waals surface area contributed by atoms with E-state index < -0.39 is 123 Å². The van der Waals surface area contributed by atoms with Gasteiger partial charge in [0.2, 0.25) is 23.6 Å². The fourth-order valence-corrected chi connectivity index (χ4v) is 10.5. The summed E-state index contributed by atoms with van der Waals surface area (Å²) in [4.78, 5) is 66.7. The molecule has 17 atom stereocenters. The van der Waals surface area contributed by atoms with Gasteiger partial charge in [0.1, 0.15) is 36.6 Å². The highest BCUT2D eigenvalue weighted by Crippen LogP contribution is 2.30. The Kier molecular flexibility index (Phi) is 44.7. The Hall–Kier alpha value is -3.13. The van der Waals surface area contributed by atoms with Crippen LogP contribution in [-0.4, -0.2) is 241 Å². The van der Waals surface area contributed by atoms with Gasteiger partial charge in [-0.3, -0.25) is 24.0 Å². The average molecular weight is 1280 g/mol. The molecule has 4 amide bonds. The van der Waals surface area contributed by atoms with E-state index in [1.54, 1.807) is 27.9 Å². The highest BCUT2D eigenvalue weighted by Gasteiger charge is 2.45. The number of amides is 4. The summed E-state index contributed by atoms with van der Waals surface area (Å²) in [5, 5.41) is 105. The van der Waals surface area contributed by atoms with Crippen molar-refractivity contribution in [1.82, 2.24) is 26.6 Å². The Bertz CT molecular complexity index is 1870. The molecule has 3 rings (SSSR count). The Balaban J connectivity index is 0.00000654. The molecule has 3 saturated heterocycles. The molecule has 26 nitrogen and oxygen atoms in total. The van der Waals surface area contributed by atoms with E-state index in [4.69, 9.17) is 33.2 Å². The molecule has 0 aliphatic carbocycles. The Morgan fingerprint density at radius 2 is 0.809 bits per heavy atom. The highest BCUT2D eigenvalue weighted by atomic mass is 16.7. The standard InChI is InChI=1S/C59H109N5O21.C4H10/c1-38-50(72)53(75)44(35-65)83-57(38)80-31-16-6-12-25-60-26-14-8-20-41(56(78)63-28-13-5-7-22-47(69)62-29-19-30-79-4)34-43(68)42(64-49(71)24-11-18-33-82-59-40(3)52(74)55(77)46(37-67)85-59)21-9-15-27-61-48(70)23-10-17-32-81-58-39(2)51(73)54(76)45(36-66)84-58;1-4(2)3/h38-42,44-46,50-55,57-60,65-67,72-77H,5-37H2,1-4H3,(H,61,70)(H,62,69)(H,63,78)(H,64,71);4H,1-3H3/t38?,39?,40?,41?,42?,44?,45?,46?,50-,51-,52-,53+,54+,55+,57-,58-,59-;/m1./s1. The van der Waals surface area contributed by atoms with Gasteiger partial charge in [0.05, 0.1) is 44.2 Å². The molecule has 0 radical (unpaired) electrons. The van der Waals surface area contributed by atoms with E-state index in [0.29, 0.717) is 116 Å². The lowest BCUT2D eigenvalue weighted by Crippen LogP contribution is -2.55. The summed E-state index contributed by atoms with van der Waals surface area (Å²) in [6.45, 7) is 14.2. The van der Waals surface area contributed by atoms with Crippen LogP contribution in [0.5, 0.6) is 0 Å². The summed E-state index contributed by atoms with van der Waals surface area (Å²) in [6, 6.07) is -0.911. The van der Waals surface area contributed by atoms with Crippen LogP contribution < -0.4 is 26.6 Å². The lowest BCUT2D eigenvalue weighted by atomic mass is 9.91. The molecule has 3 aliphatic rings. The maximum atomic E-state index is 14.3. The van der Waals surface area contributed by atoms with Crippen LogP contribution in [0.2, 0.25) is 0 Å². The molecule has 14 N–H and O–H groups in total. The second-order valence-corrected chi connectivity index (χ2v) is 24.9. The molecule has 0 aromatic carbocycles. The number of ether oxygens (including phenoxy) is 7. The van der Waals surface area contributed by atoms with Gasteiger partial charge in [-0.05, 0) is 115 Å². The number of unbranched alkanes of at least 4 members (excludes halogenated alkanes) is 8. The van der Waals surface area contributed by atoms with Crippen LogP contribution >= 0.6 is 0 Å². The second-order valence-electron chi connectivity index (χ2n) is 24.9. The average Bonchev–Trinajstić information content (AvgIpc) is 2.34. The Labute approximate surface area is 529 Å². The minimum atomic E-state index is -1.26. The van der Waals surface area contributed by atoms with E-state index in [2.05, 4.69) is 47.4 Å². The van der Waals surface area contributed by atoms with Gasteiger partial charge >= 0.3 is 0 Å². The summed E-state index contributed by atoms with van der Waals surface area (Å²) in [7, 11) is 1.61. The van der Waals surface area contributed by atoms with Crippen molar-refractivity contribution in [2.45, 2.75) is 256 Å². The fourth-order valence-electron chi connectivity index (χ4n) is 10.5. The molecular weight excluding hydrogens is 1160 g/mol. The zero-order valence-corrected chi connectivity index (χ0v) is 54.7. The number of nitrogens with one attached hydrogen (secondary N) is 5. The van der Waals surface area contributed by atoms with E-state index >= 15 is 0 Å². The molecule has 0 spiro atoms. The first kappa shape index (κ1) is 82.0. The van der Waals surface area contributed by atoms with Gasteiger partial charge in [-0.15, -0.1) is 0 Å². The number of hydrogen-bond donors (Lipinski definition) is 14. The SMILES string of the molecule is CC(C)C.COCCCNC(=O)CCCCCNC(=O)C(CCCCNCCCCCO[C@@H]1OC(CO)[C@H](O)[C@H](O)C1C)CC(=O)C(CCCCNC(=O)CCCCO[C@@H]1OC(CO)[C@H](O)[C@H](O)C1C)NC(=O)CCCCO[C@@H]1OC(CO)[C@H](O)[C@H](O)C1C. The molecular formula is C63H119N5O21. The maximum absolute atomic E-state index is 14.3. The van der Waals surface area contributed by atoms with Crippen LogP contribution in [0.1, 0.15) is 176 Å². The van der Waals surface area contributed by atoms with Gasteiger partial charge in [-0.1, -0.05) is 54.4 Å². The van der Waals surface area contributed by atoms with E-state index in [-0.39, 0.29) is 68.3 Å². The molecule has 3 aliphatic heterocycles. The summed E-state index contributed by atoms with van der Waals surface area (Å²) in [5.74, 6) is -2.53. The normalized spacial score (nSPS) is 27.7. The van der Waals surface area contributed by atoms with Crippen LogP contribution in [-0.2, 0) is 57.1 Å². The lowest BCUT2D eigenvalue weighted by molar-refractivity contribution is -0.282. The molecule has 89 heavy (non-hydrogen) atoms. The minimum Gasteiger partial charge on any atom is -0.394 e. The predicted octanol–water partition coefficient (Wildman–Crippen LogP) is 1.37. The molecule has 3 heterocycles. The summed E-state index contributed by atoms with van der Waals surface area (Å²) >= 11 is 0. The van der Waals surface area contributed by atoms with Crippen LogP contribution in [0.3, 0.4) is 0 Å². The molecule has 3 fully saturated rings. The molecule has 0 aromatic heterocycles. The number of carbonyl (C=O) groups is 5. The zero-order chi connectivity index (χ0) is 66.1. The fraction of sp³-hybridized carbons (Fsp3) is 0.921. The third-order valence-electron chi connectivity index (χ3n) is 16.2. The molecule has 0 aromatic rings. The largest absolute Gasteiger partial charge is 0.394 e. The van der Waals surface area contributed by atoms with Crippen LogP contribution in [0.15, 0.2) is 0 Å². The Morgan fingerprint density at radius 3 is 1.27 bits per heavy atom. The van der Waals surface area contributed by atoms with Gasteiger partial charge in [0.15, 0.2) is 24.7 Å². The summed E-state index contributed by atoms with van der Waals surface area (Å²) in [6.07, 6.45) is -1.70. The number of carbonyl (C=O) groups excluding carboxylic acids is 5. The first-order chi connectivity index (χ1) is 42.6. The molecule has 0 bridgehead atoms. The molecule has 8 unspecified atom stereocenters. The number of aliphatic hydroxyl groups is 9. The number of ketones is 1. The monoisotopic (exact) mass is 1280 g/mol. The molecule has 0 saturated carbocycles. The van der Waals surface area contributed by atoms with Gasteiger partial charge < -0.3 is 106 Å². The predicted molar refractivity (Wildman–Crippen MR) is 330 cm³/mol. The van der Waals surface area contributed by atoms with E-state index in [1.807, 2.05) is 0 Å². The number of rotatable bonds is 47. The van der Waals surface area contributed by atoms with Crippen molar-refractivity contribution in [1.29, 1.82) is 0 Å². The van der Waals surface area contributed by atoms with E-state index in [9.17, 15) is 69.9 Å². The second kappa shape index (κ2) is 48.6. The lowest BCUT2D eigenvalue weighted by Gasteiger charge is -2.40. The van der Waals surface area contributed by atoms with Gasteiger partial charge in [-0.2, -0.15) is 0 Å². The smallest absolute Gasteiger partial charge is 0.223 e. The van der Waals surface area contributed by atoms with Crippen molar-refractivity contribution >= 4 is 29.4 Å². The summed E-state index contributed by atoms with van der Waals surface area (Å²) < 4.78 is 39.3. The minimum absolute atomic E-state index is 0.0393. The number of hydrogen-bond acceptors (Lipinski definition) is 22. The van der Waals surface area contributed by atoms with Gasteiger partial charge in [0.25, 0.3) is 0 Å². The number of methoxy groups -OCH3 is 1. The van der Waals surface area contributed by atoms with Crippen molar-refractivity contribution < 1.29 is 103 Å². The maximum Gasteiger partial charge on any atom is 0.223 e. The van der Waals surface area contributed by atoms with Gasteiger partial charge in [-0.25, -0.2) is 0 Å². The number of Topliss-reactive ketones (excluding diaryl/α,β-unsaturated/α-hetero) is 1. The number of aliphatic hydroxyl groups excluding tert-OH is 9. The van der Waals surface area contributed by atoms with Crippen LogP contribution in [0.4, 0.5) is 0 Å². The van der Waals surface area contributed by atoms with Crippen LogP contribution in [0, 0.1) is 29.6 Å². The first-order valence-corrected chi connectivity index (χ1v) is 33.2. The summed E-state index contributed by atoms with van der Waals surface area (Å²) in [5.41, 5.74) is 0. The van der Waals surface area contributed by atoms with Crippen molar-refractivity contribution in [3.05, 3.63) is 0 Å². The van der Waals surface area contributed by atoms with Gasteiger partial charge in [0, 0.05) is 103 Å². The van der Waals surface area contributed by atoms with Crippen molar-refractivity contribution in [3.63, 3.8) is 0 Å². The third kappa shape index (κ3) is 33.5. The van der Waals surface area contributed by atoms with Crippen molar-refractivity contribution in [3.8, 4) is 0 Å². The highest BCUT2D eigenvalue weighted by molar-refractivity contribution is 5.92. The van der Waals surface area contributed by atoms with E-state index in [0.717, 1.165) is 44.6 Å². The molecule has 522 valence electrons. The third-order valence-corrected chi connectivity index (χ3v) is 16.2. The molecule has 26 heteroatoms. The van der Waals surface area contributed by atoms with E-state index in [1.165, 1.54) is 0 Å². The first-order valence-electron chi connectivity index (χ1n) is 33.2. The van der Waals surface area contributed by atoms with Crippen molar-refractivity contribution in [2.75, 3.05) is 86.1 Å². The van der Waals surface area contributed by atoms with Crippen LogP contribution in [0.25, 0.3) is 0 Å². The van der Waals surface area contributed by atoms with Crippen molar-refractivity contribution in [2.24, 2.45) is 29.6 Å². The Morgan fingerprint density at radius 1 is 0.438 bits per heavy atom. The zero-order valence-electron chi connectivity index (χ0n) is 54.7. The topological polar surface area (TPSA) is 392 Å². The quantitative estimate of drug-likeness (QED) is 0.0383.